The van der Waals surface area contributed by atoms with E-state index < -0.39 is 0 Å². The molecule has 126 valence electrons. The third-order valence-corrected chi connectivity index (χ3v) is 5.46. The second-order valence-corrected chi connectivity index (χ2v) is 7.32. The Morgan fingerprint density at radius 1 is 1.28 bits per heavy atom. The molecular formula is C19H17ClN4O. The minimum absolute atomic E-state index is 0.0135. The van der Waals surface area contributed by atoms with Gasteiger partial charge in [0.15, 0.2) is 0 Å². The topological polar surface area (TPSA) is 59.8 Å². The number of anilines is 1. The summed E-state index contributed by atoms with van der Waals surface area (Å²) in [6, 6.07) is 8.39. The van der Waals surface area contributed by atoms with E-state index in [1.54, 1.807) is 0 Å². The first-order valence-corrected chi connectivity index (χ1v) is 8.96. The standard InChI is InChI=1S/C19H17ClN4O/c1-10-5-6-15-18(21-10)19(24(23-15)13-3-2-4-13)12-7-11-9-16(25)22-17(11)14(20)8-12/h5-8,13H,2-4,9H2,1H3,(H,22,25). The number of hydrogen-bond donors (Lipinski definition) is 1. The van der Waals surface area contributed by atoms with Crippen molar-refractivity contribution in [3.63, 3.8) is 0 Å². The molecule has 0 bridgehead atoms. The van der Waals surface area contributed by atoms with Gasteiger partial charge < -0.3 is 5.32 Å². The summed E-state index contributed by atoms with van der Waals surface area (Å²) < 4.78 is 2.11. The number of fused-ring (bicyclic) bond motifs is 2. The van der Waals surface area contributed by atoms with Gasteiger partial charge in [-0.25, -0.2) is 4.98 Å². The molecule has 1 saturated carbocycles. The van der Waals surface area contributed by atoms with Crippen molar-refractivity contribution in [3.05, 3.63) is 40.5 Å². The Labute approximate surface area is 150 Å². The largest absolute Gasteiger partial charge is 0.324 e. The predicted molar refractivity (Wildman–Crippen MR) is 97.9 cm³/mol. The number of nitrogens with one attached hydrogen (secondary N) is 1. The highest BCUT2D eigenvalue weighted by atomic mass is 35.5. The first-order valence-electron chi connectivity index (χ1n) is 8.58. The molecule has 5 nitrogen and oxygen atoms in total. The lowest BCUT2D eigenvalue weighted by Crippen LogP contribution is -2.19. The number of pyridine rings is 1. The van der Waals surface area contributed by atoms with Gasteiger partial charge in [-0.2, -0.15) is 5.10 Å². The zero-order valence-electron chi connectivity index (χ0n) is 13.8. The van der Waals surface area contributed by atoms with Gasteiger partial charge in [0.2, 0.25) is 5.91 Å². The third-order valence-electron chi connectivity index (χ3n) is 5.16. The summed E-state index contributed by atoms with van der Waals surface area (Å²) in [5.74, 6) is -0.0135. The van der Waals surface area contributed by atoms with Crippen LogP contribution in [-0.4, -0.2) is 20.7 Å². The summed E-state index contributed by atoms with van der Waals surface area (Å²) in [4.78, 5) is 16.5. The number of nitrogens with zero attached hydrogens (tertiary/aromatic N) is 3. The summed E-state index contributed by atoms with van der Waals surface area (Å²) >= 11 is 6.45. The fraction of sp³-hybridized carbons (Fsp3) is 0.316. The Hall–Kier alpha value is -2.40. The number of benzene rings is 1. The Morgan fingerprint density at radius 3 is 2.88 bits per heavy atom. The molecule has 0 radical (unpaired) electrons. The van der Waals surface area contributed by atoms with Crippen molar-refractivity contribution >= 4 is 34.2 Å². The van der Waals surface area contributed by atoms with Crippen LogP contribution in [0.25, 0.3) is 22.3 Å². The van der Waals surface area contributed by atoms with Gasteiger partial charge >= 0.3 is 0 Å². The maximum absolute atomic E-state index is 11.7. The molecule has 3 aromatic rings. The summed E-state index contributed by atoms with van der Waals surface area (Å²) in [5, 5.41) is 8.22. The van der Waals surface area contributed by atoms with Crippen molar-refractivity contribution in [2.24, 2.45) is 0 Å². The van der Waals surface area contributed by atoms with Gasteiger partial charge in [0.05, 0.1) is 28.9 Å². The van der Waals surface area contributed by atoms with E-state index in [4.69, 9.17) is 21.7 Å². The van der Waals surface area contributed by atoms with Crippen LogP contribution in [-0.2, 0) is 11.2 Å². The van der Waals surface area contributed by atoms with Crippen LogP contribution in [0.15, 0.2) is 24.3 Å². The van der Waals surface area contributed by atoms with Gasteiger partial charge in [-0.15, -0.1) is 0 Å². The fourth-order valence-corrected chi connectivity index (χ4v) is 3.97. The van der Waals surface area contributed by atoms with Crippen LogP contribution in [0.4, 0.5) is 5.69 Å². The van der Waals surface area contributed by atoms with Crippen LogP contribution in [0.1, 0.15) is 36.6 Å². The van der Waals surface area contributed by atoms with Crippen LogP contribution in [0.5, 0.6) is 0 Å². The number of rotatable bonds is 2. The molecule has 3 heterocycles. The molecule has 0 unspecified atom stereocenters. The van der Waals surface area contributed by atoms with Crippen molar-refractivity contribution < 1.29 is 4.79 Å². The summed E-state index contributed by atoms with van der Waals surface area (Å²) in [6.07, 6.45) is 3.87. The lowest BCUT2D eigenvalue weighted by molar-refractivity contribution is -0.115. The zero-order valence-corrected chi connectivity index (χ0v) is 14.6. The van der Waals surface area contributed by atoms with Crippen LogP contribution < -0.4 is 5.32 Å². The van der Waals surface area contributed by atoms with E-state index in [1.807, 2.05) is 25.1 Å². The maximum atomic E-state index is 11.7. The molecule has 1 aromatic carbocycles. The van der Waals surface area contributed by atoms with E-state index in [1.165, 1.54) is 6.42 Å². The molecule has 1 N–H and O–H groups in total. The van der Waals surface area contributed by atoms with Gasteiger partial charge in [-0.3, -0.25) is 9.48 Å². The van der Waals surface area contributed by atoms with E-state index in [9.17, 15) is 4.79 Å². The summed E-state index contributed by atoms with van der Waals surface area (Å²) in [6.45, 7) is 1.99. The Balaban J connectivity index is 1.77. The number of aromatic nitrogens is 3. The molecule has 25 heavy (non-hydrogen) atoms. The van der Waals surface area contributed by atoms with Crippen LogP contribution in [0, 0.1) is 6.92 Å². The minimum Gasteiger partial charge on any atom is -0.324 e. The van der Waals surface area contributed by atoms with Gasteiger partial charge in [0, 0.05) is 11.3 Å². The number of carbonyl (C=O) groups is 1. The number of hydrogen-bond acceptors (Lipinski definition) is 3. The van der Waals surface area contributed by atoms with E-state index in [2.05, 4.69) is 16.1 Å². The van der Waals surface area contributed by atoms with E-state index in [0.717, 1.165) is 52.1 Å². The maximum Gasteiger partial charge on any atom is 0.228 e. The number of halogens is 1. The lowest BCUT2D eigenvalue weighted by Gasteiger charge is -2.27. The molecule has 0 saturated heterocycles. The fourth-order valence-electron chi connectivity index (χ4n) is 3.68. The molecule has 1 amide bonds. The van der Waals surface area contributed by atoms with E-state index >= 15 is 0 Å². The van der Waals surface area contributed by atoms with Gasteiger partial charge in [-0.1, -0.05) is 11.6 Å². The molecule has 5 rings (SSSR count). The molecule has 2 aliphatic rings. The van der Waals surface area contributed by atoms with Gasteiger partial charge in [0.1, 0.15) is 11.0 Å². The third kappa shape index (κ3) is 2.26. The average Bonchev–Trinajstić information content (AvgIpc) is 3.05. The molecule has 1 aliphatic carbocycles. The molecule has 6 heteroatoms. The molecular weight excluding hydrogens is 336 g/mol. The van der Waals surface area contributed by atoms with E-state index in [0.29, 0.717) is 17.5 Å². The molecule has 1 fully saturated rings. The highest BCUT2D eigenvalue weighted by Gasteiger charge is 2.28. The molecule has 1 aliphatic heterocycles. The van der Waals surface area contributed by atoms with Crippen LogP contribution >= 0.6 is 11.6 Å². The molecule has 2 aromatic heterocycles. The Morgan fingerprint density at radius 2 is 2.12 bits per heavy atom. The second kappa shape index (κ2) is 5.30. The first kappa shape index (κ1) is 14.9. The number of amides is 1. The second-order valence-electron chi connectivity index (χ2n) is 6.92. The van der Waals surface area contributed by atoms with E-state index in [-0.39, 0.29) is 5.91 Å². The molecule has 0 spiro atoms. The molecule has 0 atom stereocenters. The minimum atomic E-state index is -0.0135. The average molecular weight is 353 g/mol. The van der Waals surface area contributed by atoms with Gasteiger partial charge in [0.25, 0.3) is 0 Å². The van der Waals surface area contributed by atoms with Crippen molar-refractivity contribution in [2.45, 2.75) is 38.6 Å². The predicted octanol–water partition coefficient (Wildman–Crippen LogP) is 4.28. The number of aryl methyl sites for hydroxylation is 1. The number of carbonyl (C=O) groups excluding carboxylic acids is 1. The smallest absolute Gasteiger partial charge is 0.228 e. The van der Waals surface area contributed by atoms with Crippen LogP contribution in [0.2, 0.25) is 5.02 Å². The monoisotopic (exact) mass is 352 g/mol. The zero-order chi connectivity index (χ0) is 17.1. The van der Waals surface area contributed by atoms with Crippen molar-refractivity contribution in [3.8, 4) is 11.3 Å². The quantitative estimate of drug-likeness (QED) is 0.748. The highest BCUT2D eigenvalue weighted by molar-refractivity contribution is 6.34. The van der Waals surface area contributed by atoms with Crippen molar-refractivity contribution in [1.82, 2.24) is 14.8 Å². The normalized spacial score (nSPS) is 16.8. The van der Waals surface area contributed by atoms with Gasteiger partial charge in [-0.05, 0) is 56.0 Å². The summed E-state index contributed by atoms with van der Waals surface area (Å²) in [5.41, 5.74) is 6.43. The van der Waals surface area contributed by atoms with Crippen molar-refractivity contribution in [1.29, 1.82) is 0 Å². The lowest BCUT2D eigenvalue weighted by atomic mass is 9.92. The highest BCUT2D eigenvalue weighted by Crippen LogP contribution is 2.41. The SMILES string of the molecule is Cc1ccc2nn(C3CCC3)c(-c3cc(Cl)c4c(c3)CC(=O)N4)c2n1. The van der Waals surface area contributed by atoms with Crippen molar-refractivity contribution in [2.75, 3.05) is 5.32 Å². The van der Waals surface area contributed by atoms with Crippen LogP contribution in [0.3, 0.4) is 0 Å². The Kier molecular flexibility index (Phi) is 3.16. The first-order chi connectivity index (χ1) is 12.1. The summed E-state index contributed by atoms with van der Waals surface area (Å²) in [7, 11) is 0. The Bertz CT molecular complexity index is 1040.